The van der Waals surface area contributed by atoms with Gasteiger partial charge < -0.3 is 50.0 Å². The molecule has 2 aromatic rings. The summed E-state index contributed by atoms with van der Waals surface area (Å²) >= 11 is 0. The van der Waals surface area contributed by atoms with Crippen LogP contribution in [0.15, 0.2) is 36.4 Å². The molecule has 0 aromatic heterocycles. The van der Waals surface area contributed by atoms with Crippen LogP contribution < -0.4 is 10.6 Å². The number of benzene rings is 2. The third kappa shape index (κ3) is 19.3. The van der Waals surface area contributed by atoms with Gasteiger partial charge in [0.1, 0.15) is 23.3 Å². The first-order valence-corrected chi connectivity index (χ1v) is 18.7. The highest BCUT2D eigenvalue weighted by Crippen LogP contribution is 2.27. The molecule has 0 spiro atoms. The number of phenolic OH excluding ortho intramolecular Hbond substituents is 4. The topological polar surface area (TPSA) is 210 Å². The Labute approximate surface area is 318 Å². The average Bonchev–Trinajstić information content (AvgIpc) is 3.05. The number of hydrogen-bond donors (Lipinski definition) is 6. The first-order chi connectivity index (χ1) is 25.3. The smallest absolute Gasteiger partial charge is 0.408 e. The van der Waals surface area contributed by atoms with E-state index >= 15 is 0 Å². The summed E-state index contributed by atoms with van der Waals surface area (Å²) in [6.45, 7) is 10.7. The van der Waals surface area contributed by atoms with E-state index in [0.29, 0.717) is 24.0 Å². The first kappa shape index (κ1) is 45.3. The van der Waals surface area contributed by atoms with E-state index in [2.05, 4.69) is 10.6 Å². The molecular weight excluding hydrogens is 700 g/mol. The van der Waals surface area contributed by atoms with Gasteiger partial charge in [0.25, 0.3) is 0 Å². The van der Waals surface area contributed by atoms with Gasteiger partial charge in [-0.05, 0) is 89.8 Å². The van der Waals surface area contributed by atoms with Crippen LogP contribution in [0.25, 0.3) is 0 Å². The number of amides is 2. The van der Waals surface area contributed by atoms with Crippen molar-refractivity contribution in [3.63, 3.8) is 0 Å². The first-order valence-electron chi connectivity index (χ1n) is 18.7. The third-order valence-electron chi connectivity index (χ3n) is 7.94. The number of nitrogens with one attached hydrogen (secondary N) is 2. The minimum absolute atomic E-state index is 0.0414. The molecule has 14 nitrogen and oxygen atoms in total. The Kier molecular flexibility index (Phi) is 18.8. The molecule has 302 valence electrons. The summed E-state index contributed by atoms with van der Waals surface area (Å²) in [6, 6.07) is 6.28. The molecule has 2 rings (SSSR count). The maximum atomic E-state index is 12.9. The van der Waals surface area contributed by atoms with E-state index in [1.165, 1.54) is 24.3 Å². The molecular formula is C40H60N2O12. The second kappa shape index (κ2) is 22.4. The minimum atomic E-state index is -1.04. The van der Waals surface area contributed by atoms with Crippen molar-refractivity contribution in [1.82, 2.24) is 10.6 Å². The molecule has 0 bridgehead atoms. The molecule has 0 aliphatic carbocycles. The fraction of sp³-hybridized carbons (Fsp3) is 0.600. The summed E-state index contributed by atoms with van der Waals surface area (Å²) in [4.78, 5) is 50.5. The number of unbranched alkanes of at least 4 members (excludes halogenated alkanes) is 9. The molecule has 54 heavy (non-hydrogen) atoms. The molecule has 0 unspecified atom stereocenters. The fourth-order valence-electron chi connectivity index (χ4n) is 5.31. The van der Waals surface area contributed by atoms with E-state index in [9.17, 15) is 39.6 Å². The van der Waals surface area contributed by atoms with Gasteiger partial charge in [0, 0.05) is 12.8 Å². The summed E-state index contributed by atoms with van der Waals surface area (Å²) in [5.41, 5.74) is -0.467. The standard InChI is InChI=1S/C40H60N2O12/c1-39(2,3)53-37(49)41-29(23-27-17-19-31(43)33(45)25-27)35(47)51-21-15-13-11-9-7-8-10-12-14-16-22-52-36(48)30(42-38(50)54-40(4,5)6)24-28-18-20-32(44)34(46)26-28/h17-20,25-26,29-30,43-46H,7-16,21-24H2,1-6H3,(H,41,49)(H,42,50)/t29-,30-/m0/s1. The number of phenols is 4. The summed E-state index contributed by atoms with van der Waals surface area (Å²) in [7, 11) is 0. The van der Waals surface area contributed by atoms with Gasteiger partial charge in [-0.3, -0.25) is 0 Å². The monoisotopic (exact) mass is 760 g/mol. The van der Waals surface area contributed by atoms with Crippen molar-refractivity contribution in [2.24, 2.45) is 0 Å². The average molecular weight is 761 g/mol. The second-order valence-electron chi connectivity index (χ2n) is 15.3. The summed E-state index contributed by atoms with van der Waals surface area (Å²) in [6.07, 6.45) is 7.88. The highest BCUT2D eigenvalue weighted by Gasteiger charge is 2.28. The normalized spacial score (nSPS) is 12.6. The van der Waals surface area contributed by atoms with E-state index in [4.69, 9.17) is 18.9 Å². The highest BCUT2D eigenvalue weighted by atomic mass is 16.6. The van der Waals surface area contributed by atoms with E-state index in [-0.39, 0.29) is 49.1 Å². The quantitative estimate of drug-likeness (QED) is 0.0327. The van der Waals surface area contributed by atoms with Crippen molar-refractivity contribution in [3.05, 3.63) is 47.5 Å². The molecule has 2 aromatic carbocycles. The summed E-state index contributed by atoms with van der Waals surface area (Å²) in [5, 5.41) is 43.9. The SMILES string of the molecule is CC(C)(C)OC(=O)N[C@@H](Cc1ccc(O)c(O)c1)C(=O)OCCCCCCCCCCCCOC(=O)[C@H](Cc1ccc(O)c(O)c1)NC(=O)OC(C)(C)C. The van der Waals surface area contributed by atoms with Gasteiger partial charge in [-0.15, -0.1) is 0 Å². The van der Waals surface area contributed by atoms with Gasteiger partial charge in [-0.1, -0.05) is 63.5 Å². The number of esters is 2. The van der Waals surface area contributed by atoms with Gasteiger partial charge in [-0.2, -0.15) is 0 Å². The molecule has 0 aliphatic rings. The largest absolute Gasteiger partial charge is 0.504 e. The number of alkyl carbamates (subject to hydrolysis) is 2. The Hall–Kier alpha value is -4.88. The molecule has 0 saturated heterocycles. The lowest BCUT2D eigenvalue weighted by Crippen LogP contribution is -2.45. The van der Waals surface area contributed by atoms with Gasteiger partial charge in [0.05, 0.1) is 13.2 Å². The molecule has 0 aliphatic heterocycles. The van der Waals surface area contributed by atoms with Crippen molar-refractivity contribution >= 4 is 24.1 Å². The Morgan fingerprint density at radius 3 is 1.13 bits per heavy atom. The highest BCUT2D eigenvalue weighted by molar-refractivity contribution is 5.82. The molecule has 0 radical (unpaired) electrons. The van der Waals surface area contributed by atoms with Gasteiger partial charge in [0.15, 0.2) is 23.0 Å². The number of rotatable bonds is 21. The van der Waals surface area contributed by atoms with Crippen LogP contribution in [0, 0.1) is 0 Å². The van der Waals surface area contributed by atoms with Crippen LogP contribution in [0.3, 0.4) is 0 Å². The van der Waals surface area contributed by atoms with Crippen molar-refractivity contribution in [3.8, 4) is 23.0 Å². The van der Waals surface area contributed by atoms with Gasteiger partial charge in [0.2, 0.25) is 0 Å². The second-order valence-corrected chi connectivity index (χ2v) is 15.3. The van der Waals surface area contributed by atoms with Crippen LogP contribution in [-0.4, -0.2) is 81.1 Å². The van der Waals surface area contributed by atoms with E-state index < -0.39 is 47.4 Å². The number of carbonyl (C=O) groups is 4. The lowest BCUT2D eigenvalue weighted by atomic mass is 10.1. The molecule has 6 N–H and O–H groups in total. The number of hydrogen-bond acceptors (Lipinski definition) is 12. The van der Waals surface area contributed by atoms with Gasteiger partial charge in [-0.25, -0.2) is 19.2 Å². The molecule has 2 atom stereocenters. The molecule has 0 saturated carbocycles. The van der Waals surface area contributed by atoms with E-state index in [1.807, 2.05) is 0 Å². The molecule has 14 heteroatoms. The Morgan fingerprint density at radius 2 is 0.833 bits per heavy atom. The zero-order valence-electron chi connectivity index (χ0n) is 32.6. The maximum Gasteiger partial charge on any atom is 0.408 e. The molecule has 0 fully saturated rings. The Morgan fingerprint density at radius 1 is 0.519 bits per heavy atom. The lowest BCUT2D eigenvalue weighted by Gasteiger charge is -2.23. The Bertz CT molecular complexity index is 1390. The van der Waals surface area contributed by atoms with Crippen molar-refractivity contribution in [1.29, 1.82) is 0 Å². The van der Waals surface area contributed by atoms with Crippen LogP contribution in [0.2, 0.25) is 0 Å². The van der Waals surface area contributed by atoms with Crippen molar-refractivity contribution in [2.45, 2.75) is 142 Å². The predicted octanol–water partition coefficient (Wildman–Crippen LogP) is 7.07. The van der Waals surface area contributed by atoms with Crippen LogP contribution >= 0.6 is 0 Å². The van der Waals surface area contributed by atoms with Crippen LogP contribution in [0.5, 0.6) is 23.0 Å². The minimum Gasteiger partial charge on any atom is -0.504 e. The Balaban J connectivity index is 1.63. The fourth-order valence-corrected chi connectivity index (χ4v) is 5.31. The van der Waals surface area contributed by atoms with Crippen molar-refractivity contribution < 1.29 is 58.6 Å². The van der Waals surface area contributed by atoms with Crippen LogP contribution in [0.1, 0.15) is 117 Å². The predicted molar refractivity (Wildman–Crippen MR) is 201 cm³/mol. The van der Waals surface area contributed by atoms with Crippen molar-refractivity contribution in [2.75, 3.05) is 13.2 Å². The zero-order chi connectivity index (χ0) is 40.3. The molecule has 0 heterocycles. The number of ether oxygens (including phenoxy) is 4. The van der Waals surface area contributed by atoms with E-state index in [0.717, 1.165) is 51.4 Å². The zero-order valence-corrected chi connectivity index (χ0v) is 32.6. The lowest BCUT2D eigenvalue weighted by molar-refractivity contribution is -0.147. The number of carbonyl (C=O) groups excluding carboxylic acids is 4. The number of aromatic hydroxyl groups is 4. The van der Waals surface area contributed by atoms with Crippen LogP contribution in [-0.2, 0) is 41.4 Å². The maximum absolute atomic E-state index is 12.9. The third-order valence-corrected chi connectivity index (χ3v) is 7.94. The van der Waals surface area contributed by atoms with E-state index in [1.54, 1.807) is 53.7 Å². The summed E-state index contributed by atoms with van der Waals surface area (Å²) in [5.74, 6) is -2.47. The summed E-state index contributed by atoms with van der Waals surface area (Å²) < 4.78 is 21.5. The molecule has 2 amide bonds. The van der Waals surface area contributed by atoms with Gasteiger partial charge >= 0.3 is 24.1 Å². The van der Waals surface area contributed by atoms with Crippen LogP contribution in [0.4, 0.5) is 9.59 Å².